The van der Waals surface area contributed by atoms with Crippen LogP contribution in [0.25, 0.3) is 44.3 Å². The van der Waals surface area contributed by atoms with E-state index in [1.165, 1.54) is 12.8 Å². The molecule has 432 valence electrons. The number of aromatic nitrogens is 4. The predicted molar refractivity (Wildman–Crippen MR) is 316 cm³/mol. The molecule has 6 N–H and O–H groups in total. The number of thiazole rings is 2. The lowest BCUT2D eigenvalue weighted by atomic mass is 9.83. The average Bonchev–Trinajstić information content (AvgIpc) is 4.30. The van der Waals surface area contributed by atoms with Crippen LogP contribution in [0.2, 0.25) is 0 Å². The molecule has 0 unspecified atom stereocenters. The number of para-hydroxylation sites is 2. The van der Waals surface area contributed by atoms with E-state index < -0.39 is 41.4 Å². The number of nitrogens with one attached hydrogen (secondary N) is 3. The van der Waals surface area contributed by atoms with Crippen LogP contribution in [0.3, 0.4) is 0 Å². The van der Waals surface area contributed by atoms with Gasteiger partial charge in [-0.1, -0.05) is 74.9 Å². The van der Waals surface area contributed by atoms with Gasteiger partial charge in [-0.3, -0.25) is 14.8 Å². The van der Waals surface area contributed by atoms with E-state index in [0.717, 1.165) is 138 Å². The Kier molecular flexibility index (Phi) is 21.8. The van der Waals surface area contributed by atoms with Gasteiger partial charge in [-0.2, -0.15) is 0 Å². The van der Waals surface area contributed by atoms with Crippen LogP contribution >= 0.6 is 35.1 Å². The first kappa shape index (κ1) is 61.8. The largest absolute Gasteiger partial charge is 0.480 e. The maximum Gasteiger partial charge on any atom is 0.408 e. The number of nitrogens with zero attached hydrogens (tertiary/aromatic N) is 5. The van der Waals surface area contributed by atoms with E-state index in [1.54, 1.807) is 43.4 Å². The molecule has 2 aliphatic carbocycles. The fourth-order valence-corrected chi connectivity index (χ4v) is 13.0. The highest BCUT2D eigenvalue weighted by molar-refractivity contribution is 7.10. The van der Waals surface area contributed by atoms with Gasteiger partial charge in [0, 0.05) is 39.2 Å². The third-order valence-corrected chi connectivity index (χ3v) is 16.7. The van der Waals surface area contributed by atoms with Crippen molar-refractivity contribution in [2.45, 2.75) is 180 Å². The summed E-state index contributed by atoms with van der Waals surface area (Å²) >= 11 is 3.26. The second-order valence-corrected chi connectivity index (χ2v) is 24.8. The van der Waals surface area contributed by atoms with E-state index in [2.05, 4.69) is 37.4 Å². The number of carboxylic acids is 1. The van der Waals surface area contributed by atoms with Crippen LogP contribution in [0, 0.1) is 11.8 Å². The molecule has 80 heavy (non-hydrogen) atoms. The maximum absolute atomic E-state index is 14.1. The molecule has 6 aromatic rings. The number of amides is 3. The zero-order chi connectivity index (χ0) is 56.3. The molecule has 4 aliphatic rings. The molecule has 2 aromatic carbocycles. The van der Waals surface area contributed by atoms with Crippen molar-refractivity contribution >= 4 is 80.9 Å². The van der Waals surface area contributed by atoms with Gasteiger partial charge >= 0.3 is 18.2 Å². The summed E-state index contributed by atoms with van der Waals surface area (Å²) in [5.74, 6) is -0.896. The van der Waals surface area contributed by atoms with Gasteiger partial charge in [-0.25, -0.2) is 24.4 Å². The third kappa shape index (κ3) is 16.4. The molecule has 4 fully saturated rings. The number of hydrogen-bond donors (Lipinski definition) is 6. The number of halogens is 1. The molecule has 17 nitrogen and oxygen atoms in total. The fraction of sp³-hybridized carbons (Fsp3) is 0.533. The number of alkyl carbamates (subject to hydrolysis) is 2. The lowest BCUT2D eigenvalue weighted by Crippen LogP contribution is -2.53. The first-order valence-electron chi connectivity index (χ1n) is 28.0. The molecule has 0 radical (unpaired) electrons. The van der Waals surface area contributed by atoms with Crippen molar-refractivity contribution < 1.29 is 44.0 Å². The normalized spacial score (nSPS) is 18.7. The Balaban J connectivity index is 0.000000190. The monoisotopic (exact) mass is 1150 g/mol. The Hall–Kier alpha value is -5.83. The zero-order valence-electron chi connectivity index (χ0n) is 46.9. The van der Waals surface area contributed by atoms with Crippen molar-refractivity contribution in [3.8, 4) is 22.5 Å². The predicted octanol–water partition coefficient (Wildman–Crippen LogP) is 12.2. The second-order valence-electron chi connectivity index (χ2n) is 23.0. The van der Waals surface area contributed by atoms with Crippen molar-refractivity contribution in [2.75, 3.05) is 13.1 Å². The Morgan fingerprint density at radius 3 is 1.59 bits per heavy atom. The van der Waals surface area contributed by atoms with Gasteiger partial charge in [0.15, 0.2) is 0 Å². The summed E-state index contributed by atoms with van der Waals surface area (Å²) < 4.78 is 10.6. The highest BCUT2D eigenvalue weighted by atomic mass is 35.5. The highest BCUT2D eigenvalue weighted by Crippen LogP contribution is 2.40. The number of likely N-dealkylation sites (tertiary alicyclic amines) is 1. The standard InChI is InChI=1S/C30H38N4O4S.C17H17N3OS.C13H23NO4.ClH/c1-30(2,3)38-29(37)33-26(19-10-5-4-6-11-19)28(36)34-15-9-14-25(34)27-32-24(18-39-27)22-16-20(17-35)31-23-13-8-7-12-21(22)23;21-9-11-8-13(12-4-1-2-5-14(12)19-11)16-10-22-17(20-16)15-6-3-7-18-15;1-13(2,3)18-12(17)14-10(11(15)16)9-7-5-4-6-8-9;/h7-8,12-13,16,18-19,25-26,35H,4-6,9-11,14-15,17H2,1-3H3,(H,33,37);1-2,4-5,8,10,15,18,21H,3,6-7,9H2;9-10H,4-8H2,1-3H3,(H,14,17)(H,15,16);1H/t25-,26-;15-;10-;/m000./s1. The van der Waals surface area contributed by atoms with Crippen LogP contribution in [-0.4, -0.2) is 101 Å². The molecule has 0 bridgehead atoms. The van der Waals surface area contributed by atoms with Gasteiger partial charge in [0.25, 0.3) is 0 Å². The molecule has 3 amide bonds. The van der Waals surface area contributed by atoms with Gasteiger partial charge in [-0.05, 0) is 136 Å². The summed E-state index contributed by atoms with van der Waals surface area (Å²) in [5.41, 5.74) is 5.52. The molecule has 2 aliphatic heterocycles. The van der Waals surface area contributed by atoms with E-state index in [1.807, 2.05) is 85.6 Å². The van der Waals surface area contributed by atoms with E-state index in [0.29, 0.717) is 24.0 Å². The lowest BCUT2D eigenvalue weighted by molar-refractivity contribution is -0.141. The molecule has 6 heterocycles. The summed E-state index contributed by atoms with van der Waals surface area (Å²) in [6.07, 6.45) is 13.0. The molecule has 4 atom stereocenters. The number of rotatable bonds is 12. The van der Waals surface area contributed by atoms with E-state index in [-0.39, 0.29) is 49.4 Å². The van der Waals surface area contributed by atoms with Crippen molar-refractivity contribution in [3.63, 3.8) is 0 Å². The molecule has 10 rings (SSSR count). The van der Waals surface area contributed by atoms with Gasteiger partial charge in [0.2, 0.25) is 5.91 Å². The Morgan fingerprint density at radius 1 is 0.637 bits per heavy atom. The number of ether oxygens (including phenoxy) is 2. The Bertz CT molecular complexity index is 3030. The number of aliphatic carboxylic acids is 1. The second kappa shape index (κ2) is 28.2. The van der Waals surface area contributed by atoms with Crippen LogP contribution in [0.4, 0.5) is 9.59 Å². The van der Waals surface area contributed by atoms with Crippen LogP contribution in [0.5, 0.6) is 0 Å². The van der Waals surface area contributed by atoms with E-state index in [9.17, 15) is 34.5 Å². The van der Waals surface area contributed by atoms with Crippen molar-refractivity contribution in [2.24, 2.45) is 11.8 Å². The third-order valence-electron chi connectivity index (χ3n) is 14.8. The zero-order valence-corrected chi connectivity index (χ0v) is 49.3. The van der Waals surface area contributed by atoms with E-state index in [4.69, 9.17) is 19.4 Å². The van der Waals surface area contributed by atoms with Crippen molar-refractivity contribution in [3.05, 3.63) is 92.8 Å². The lowest BCUT2D eigenvalue weighted by Gasteiger charge is -2.35. The average molecular weight is 1160 g/mol. The smallest absolute Gasteiger partial charge is 0.408 e. The molecular weight excluding hydrogens is 1080 g/mol. The molecule has 0 spiro atoms. The van der Waals surface area contributed by atoms with Gasteiger partial charge < -0.3 is 45.6 Å². The minimum Gasteiger partial charge on any atom is -0.480 e. The number of fused-ring (bicyclic) bond motifs is 2. The number of carboxylic acid groups (broad SMARTS) is 1. The van der Waals surface area contributed by atoms with E-state index >= 15 is 0 Å². The summed E-state index contributed by atoms with van der Waals surface area (Å²) in [7, 11) is 0. The first-order chi connectivity index (χ1) is 37.9. The molecule has 4 aromatic heterocycles. The number of hydrogen-bond acceptors (Lipinski definition) is 15. The minimum atomic E-state index is -0.979. The minimum absolute atomic E-state index is 0. The fourth-order valence-electron chi connectivity index (χ4n) is 11.1. The van der Waals surface area contributed by atoms with Crippen LogP contribution in [-0.2, 0) is 32.3 Å². The molecule has 2 saturated carbocycles. The Morgan fingerprint density at radius 2 is 1.11 bits per heavy atom. The van der Waals surface area contributed by atoms with Crippen molar-refractivity contribution in [1.82, 2.24) is 40.8 Å². The SMILES string of the molecule is CC(C)(C)OC(=O)N[C@H](C(=O)N1CCC[C@H]1c1nc(-c2cc(CO)nc3ccccc23)cs1)C1CCCCC1.CC(C)(C)OC(=O)N[C@H](C(=O)O)C1CCCCC1.Cl.OCc1cc(-c2csc([C@@H]3CCCN3)n2)c2ccccc2n1. The van der Waals surface area contributed by atoms with Crippen LogP contribution in [0.1, 0.15) is 165 Å². The summed E-state index contributed by atoms with van der Waals surface area (Å²) in [6, 6.07) is 18.5. The van der Waals surface area contributed by atoms with Gasteiger partial charge in [0.1, 0.15) is 33.3 Å². The topological polar surface area (TPSA) is 238 Å². The number of carbonyl (C=O) groups excluding carboxylic acids is 3. The van der Waals surface area contributed by atoms with Crippen molar-refractivity contribution in [1.29, 1.82) is 0 Å². The maximum atomic E-state index is 14.1. The van der Waals surface area contributed by atoms with Gasteiger partial charge in [0.05, 0.1) is 59.1 Å². The quantitative estimate of drug-likeness (QED) is 0.0668. The number of pyridine rings is 2. The van der Waals surface area contributed by atoms with Gasteiger partial charge in [-0.15, -0.1) is 35.1 Å². The number of aliphatic hydroxyl groups is 2. The van der Waals surface area contributed by atoms with Crippen LogP contribution < -0.4 is 16.0 Å². The number of carbonyl (C=O) groups is 4. The first-order valence-corrected chi connectivity index (χ1v) is 29.8. The summed E-state index contributed by atoms with van der Waals surface area (Å²) in [4.78, 5) is 70.4. The number of benzene rings is 2. The molecule has 20 heteroatoms. The molecule has 2 saturated heterocycles. The molecular formula is C60H79ClN8O9S2. The summed E-state index contributed by atoms with van der Waals surface area (Å²) in [6.45, 7) is 12.3. The van der Waals surface area contributed by atoms with Crippen LogP contribution in [0.15, 0.2) is 71.4 Å². The highest BCUT2D eigenvalue weighted by Gasteiger charge is 2.41. The Labute approximate surface area is 483 Å². The number of aliphatic hydroxyl groups excluding tert-OH is 2. The summed E-state index contributed by atoms with van der Waals surface area (Å²) in [5, 5.41) is 45.6.